The number of hydrogen-bond donors (Lipinski definition) is 1. The summed E-state index contributed by atoms with van der Waals surface area (Å²) in [5.74, 6) is 0. The predicted octanol–water partition coefficient (Wildman–Crippen LogP) is 3.83. The Morgan fingerprint density at radius 1 is 1.31 bits per heavy atom. The molecule has 2 atom stereocenters. The first-order chi connectivity index (χ1) is 12.4. The Morgan fingerprint density at radius 3 is 2.62 bits per heavy atom. The number of likely N-dealkylation sites (tertiary alicyclic amines) is 1. The van der Waals surface area contributed by atoms with E-state index in [-0.39, 0.29) is 28.8 Å². The number of hydrogen-bond acceptors (Lipinski definition) is 5. The van der Waals surface area contributed by atoms with Crippen molar-refractivity contribution in [3.8, 4) is 0 Å². The fourth-order valence-electron chi connectivity index (χ4n) is 3.96. The summed E-state index contributed by atoms with van der Waals surface area (Å²) in [6, 6.07) is 2.06. The lowest BCUT2D eigenvalue weighted by atomic mass is 9.88. The van der Waals surface area contributed by atoms with Crippen LogP contribution in [0.4, 0.5) is 14.5 Å². The Balaban J connectivity index is 2.02. The topological polar surface area (TPSA) is 81.6 Å². The summed E-state index contributed by atoms with van der Waals surface area (Å²) in [5, 5.41) is 11.4. The summed E-state index contributed by atoms with van der Waals surface area (Å²) in [5.41, 5.74) is 5.66. The highest BCUT2D eigenvalue weighted by atomic mass is 35.5. The van der Waals surface area contributed by atoms with E-state index in [1.165, 1.54) is 6.07 Å². The number of rotatable bonds is 4. The number of piperidine rings is 1. The summed E-state index contributed by atoms with van der Waals surface area (Å²) < 4.78 is 31.7. The fraction of sp³-hybridized carbons (Fsp3) is 0.647. The molecule has 26 heavy (non-hydrogen) atoms. The molecule has 0 radical (unpaired) electrons. The van der Waals surface area contributed by atoms with Crippen LogP contribution in [0.25, 0.3) is 0 Å². The molecule has 0 saturated carbocycles. The largest absolute Gasteiger partial charge is 0.381 e. The summed E-state index contributed by atoms with van der Waals surface area (Å²) in [7, 11) is 0. The summed E-state index contributed by atoms with van der Waals surface area (Å²) in [6.45, 7) is 2.00. The van der Waals surface area contributed by atoms with E-state index in [0.29, 0.717) is 31.7 Å². The Kier molecular flexibility index (Phi) is 6.06. The average molecular weight is 390 g/mol. The van der Waals surface area contributed by atoms with Crippen LogP contribution in [0.2, 0.25) is 5.02 Å². The van der Waals surface area contributed by atoms with E-state index in [1.54, 1.807) is 0 Å². The van der Waals surface area contributed by atoms with Gasteiger partial charge in [0.25, 0.3) is 12.1 Å². The van der Waals surface area contributed by atoms with Crippen LogP contribution in [0.3, 0.4) is 0 Å². The molecule has 144 valence electrons. The highest BCUT2D eigenvalue weighted by Crippen LogP contribution is 2.42. The van der Waals surface area contributed by atoms with Gasteiger partial charge < -0.3 is 10.5 Å². The van der Waals surface area contributed by atoms with Crippen molar-refractivity contribution in [3.63, 3.8) is 0 Å². The monoisotopic (exact) mass is 389 g/mol. The van der Waals surface area contributed by atoms with Crippen molar-refractivity contribution in [2.75, 3.05) is 19.8 Å². The molecule has 2 fully saturated rings. The minimum atomic E-state index is -2.87. The van der Waals surface area contributed by atoms with Crippen molar-refractivity contribution in [1.82, 2.24) is 4.90 Å². The quantitative estimate of drug-likeness (QED) is 0.625. The van der Waals surface area contributed by atoms with Gasteiger partial charge in [-0.2, -0.15) is 0 Å². The zero-order valence-electron chi connectivity index (χ0n) is 14.2. The molecule has 2 aliphatic rings. The van der Waals surface area contributed by atoms with Crippen molar-refractivity contribution in [2.24, 2.45) is 5.73 Å². The molecule has 3 rings (SSSR count). The van der Waals surface area contributed by atoms with E-state index in [4.69, 9.17) is 22.1 Å². The van der Waals surface area contributed by atoms with Gasteiger partial charge in [-0.25, -0.2) is 8.78 Å². The molecule has 0 aliphatic carbocycles. The maximum atomic E-state index is 13.1. The molecule has 0 spiro atoms. The molecule has 0 bridgehead atoms. The number of nitrogens with zero attached hydrogens (tertiary/aromatic N) is 2. The molecule has 2 heterocycles. The number of nitrogens with two attached hydrogens (primary N) is 1. The van der Waals surface area contributed by atoms with Gasteiger partial charge in [0.2, 0.25) is 0 Å². The van der Waals surface area contributed by atoms with Gasteiger partial charge in [-0.05, 0) is 31.7 Å². The van der Waals surface area contributed by atoms with Gasteiger partial charge in [-0.15, -0.1) is 0 Å². The smallest absolute Gasteiger partial charge is 0.274 e. The van der Waals surface area contributed by atoms with E-state index in [9.17, 15) is 18.9 Å². The van der Waals surface area contributed by atoms with Crippen molar-refractivity contribution >= 4 is 17.3 Å². The molecule has 1 aromatic rings. The van der Waals surface area contributed by atoms with Crippen LogP contribution in [0.5, 0.6) is 0 Å². The Bertz CT molecular complexity index is 671. The Labute approximate surface area is 155 Å². The normalized spacial score (nSPS) is 25.6. The minimum absolute atomic E-state index is 0.0933. The molecular weight excluding hydrogens is 368 g/mol. The van der Waals surface area contributed by atoms with Crippen LogP contribution in [0, 0.1) is 10.1 Å². The fourth-order valence-corrected chi connectivity index (χ4v) is 4.21. The van der Waals surface area contributed by atoms with E-state index >= 15 is 0 Å². The second-order valence-corrected chi connectivity index (χ2v) is 7.28. The SMILES string of the molecule is NC1CCN(C2CCOCC2)C(c2cc(Cl)c(C(F)F)cc2[N+](=O)[O-])C1. The van der Waals surface area contributed by atoms with E-state index in [1.807, 2.05) is 0 Å². The second kappa shape index (κ2) is 8.12. The third-order valence-corrected chi connectivity index (χ3v) is 5.61. The number of ether oxygens (including phenoxy) is 1. The van der Waals surface area contributed by atoms with Gasteiger partial charge >= 0.3 is 0 Å². The first-order valence-corrected chi connectivity index (χ1v) is 9.11. The number of nitro benzene ring substituents is 1. The molecule has 6 nitrogen and oxygen atoms in total. The van der Waals surface area contributed by atoms with Gasteiger partial charge in [0.15, 0.2) is 0 Å². The Morgan fingerprint density at radius 2 is 2.00 bits per heavy atom. The second-order valence-electron chi connectivity index (χ2n) is 6.87. The molecule has 2 aliphatic heterocycles. The maximum absolute atomic E-state index is 13.1. The van der Waals surface area contributed by atoms with Crippen molar-refractivity contribution in [3.05, 3.63) is 38.4 Å². The summed E-state index contributed by atoms with van der Waals surface area (Å²) in [4.78, 5) is 13.2. The lowest BCUT2D eigenvalue weighted by Gasteiger charge is -2.44. The first kappa shape index (κ1) is 19.4. The van der Waals surface area contributed by atoms with Gasteiger partial charge in [0.1, 0.15) is 0 Å². The molecule has 2 saturated heterocycles. The zero-order valence-corrected chi connectivity index (χ0v) is 15.0. The van der Waals surface area contributed by atoms with Gasteiger partial charge in [-0.3, -0.25) is 15.0 Å². The first-order valence-electron chi connectivity index (χ1n) is 8.73. The van der Waals surface area contributed by atoms with E-state index in [0.717, 1.165) is 25.3 Å². The lowest BCUT2D eigenvalue weighted by Crippen LogP contribution is -2.48. The summed E-state index contributed by atoms with van der Waals surface area (Å²) in [6.07, 6.45) is 0.133. The molecule has 2 unspecified atom stereocenters. The maximum Gasteiger partial charge on any atom is 0.274 e. The van der Waals surface area contributed by atoms with Gasteiger partial charge in [0.05, 0.1) is 9.95 Å². The number of halogens is 3. The van der Waals surface area contributed by atoms with Crippen LogP contribution in [0.15, 0.2) is 12.1 Å². The summed E-state index contributed by atoms with van der Waals surface area (Å²) >= 11 is 6.02. The molecule has 2 N–H and O–H groups in total. The molecule has 1 aromatic carbocycles. The van der Waals surface area contributed by atoms with Crippen molar-refractivity contribution in [1.29, 1.82) is 0 Å². The number of nitro groups is 1. The highest BCUT2D eigenvalue weighted by molar-refractivity contribution is 6.31. The number of benzene rings is 1. The number of alkyl halides is 2. The molecule has 9 heteroatoms. The standard InChI is InChI=1S/C17H22ClF2N3O3/c18-14-8-13(16(23(24)25)9-12(14)17(19)20)15-7-10(21)1-4-22(15)11-2-5-26-6-3-11/h8-11,15,17H,1-7,21H2. The van der Waals surface area contributed by atoms with E-state index in [2.05, 4.69) is 4.90 Å². The highest BCUT2D eigenvalue weighted by Gasteiger charge is 2.37. The molecular formula is C17H22ClF2N3O3. The van der Waals surface area contributed by atoms with Crippen molar-refractivity contribution in [2.45, 2.75) is 50.2 Å². The van der Waals surface area contributed by atoms with Crippen LogP contribution in [0.1, 0.15) is 49.3 Å². The minimum Gasteiger partial charge on any atom is -0.381 e. The zero-order chi connectivity index (χ0) is 18.8. The Hall–Kier alpha value is -1.35. The molecule has 0 amide bonds. The van der Waals surface area contributed by atoms with Crippen molar-refractivity contribution < 1.29 is 18.4 Å². The lowest BCUT2D eigenvalue weighted by molar-refractivity contribution is -0.386. The van der Waals surface area contributed by atoms with Crippen LogP contribution < -0.4 is 5.73 Å². The third-order valence-electron chi connectivity index (χ3n) is 5.28. The molecule has 0 aromatic heterocycles. The van der Waals surface area contributed by atoms with Gasteiger partial charge in [-0.1, -0.05) is 11.6 Å². The third kappa shape index (κ3) is 3.98. The van der Waals surface area contributed by atoms with Crippen LogP contribution in [-0.2, 0) is 4.74 Å². The predicted molar refractivity (Wildman–Crippen MR) is 93.6 cm³/mol. The van der Waals surface area contributed by atoms with Gasteiger partial charge in [0, 0.05) is 55.1 Å². The van der Waals surface area contributed by atoms with Crippen LogP contribution in [-0.4, -0.2) is 41.7 Å². The average Bonchev–Trinajstić information content (AvgIpc) is 2.61. The van der Waals surface area contributed by atoms with E-state index < -0.39 is 16.9 Å². The van der Waals surface area contributed by atoms with Crippen LogP contribution >= 0.6 is 11.6 Å².